The van der Waals surface area contributed by atoms with E-state index in [-0.39, 0.29) is 5.82 Å². The van der Waals surface area contributed by atoms with Gasteiger partial charge in [0.05, 0.1) is 6.54 Å². The number of fused-ring (bicyclic) bond motifs is 1. The lowest BCUT2D eigenvalue weighted by atomic mass is 10.2. The third kappa shape index (κ3) is 5.36. The van der Waals surface area contributed by atoms with Crippen LogP contribution < -0.4 is 15.4 Å². The van der Waals surface area contributed by atoms with Gasteiger partial charge in [-0.15, -0.1) is 10.2 Å². The molecule has 0 spiro atoms. The van der Waals surface area contributed by atoms with Gasteiger partial charge >= 0.3 is 0 Å². The van der Waals surface area contributed by atoms with Gasteiger partial charge in [-0.1, -0.05) is 30.3 Å². The lowest BCUT2D eigenvalue weighted by Crippen LogP contribution is -2.36. The van der Waals surface area contributed by atoms with Crippen molar-refractivity contribution in [2.45, 2.75) is 19.7 Å². The first-order valence-electron chi connectivity index (χ1n) is 9.90. The van der Waals surface area contributed by atoms with Crippen molar-refractivity contribution >= 4 is 11.6 Å². The van der Waals surface area contributed by atoms with E-state index in [2.05, 4.69) is 25.8 Å². The summed E-state index contributed by atoms with van der Waals surface area (Å²) in [7, 11) is 1.72. The Hall–Kier alpha value is -3.94. The molecule has 4 aromatic rings. The van der Waals surface area contributed by atoms with Crippen LogP contribution in [-0.4, -0.2) is 27.6 Å². The molecule has 31 heavy (non-hydrogen) atoms. The number of nitrogens with one attached hydrogen (secondary N) is 2. The van der Waals surface area contributed by atoms with Crippen molar-refractivity contribution in [3.05, 3.63) is 95.7 Å². The zero-order valence-corrected chi connectivity index (χ0v) is 17.1. The molecule has 0 bridgehead atoms. The summed E-state index contributed by atoms with van der Waals surface area (Å²) in [6, 6.07) is 19.9. The molecule has 0 aliphatic carbocycles. The Balaban J connectivity index is 1.26. The van der Waals surface area contributed by atoms with Gasteiger partial charge in [-0.05, 0) is 47.5 Å². The molecule has 0 fully saturated rings. The Bertz CT molecular complexity index is 1170. The molecule has 0 saturated carbocycles. The number of benzene rings is 2. The zero-order chi connectivity index (χ0) is 21.5. The van der Waals surface area contributed by atoms with Gasteiger partial charge in [-0.25, -0.2) is 4.39 Å². The van der Waals surface area contributed by atoms with E-state index in [4.69, 9.17) is 4.74 Å². The smallest absolute Gasteiger partial charge is 0.191 e. The Morgan fingerprint density at radius 1 is 0.968 bits per heavy atom. The van der Waals surface area contributed by atoms with E-state index in [1.807, 2.05) is 59.1 Å². The number of hydrogen-bond donors (Lipinski definition) is 2. The van der Waals surface area contributed by atoms with Gasteiger partial charge in [0, 0.05) is 19.8 Å². The van der Waals surface area contributed by atoms with Crippen molar-refractivity contribution in [1.82, 2.24) is 25.2 Å². The van der Waals surface area contributed by atoms with Gasteiger partial charge in [-0.2, -0.15) is 0 Å². The number of aliphatic imine (C=N–C) groups is 1. The fourth-order valence-electron chi connectivity index (χ4n) is 3.08. The van der Waals surface area contributed by atoms with Crippen LogP contribution in [0.4, 0.5) is 4.39 Å². The molecule has 0 amide bonds. The van der Waals surface area contributed by atoms with Crippen molar-refractivity contribution < 1.29 is 9.13 Å². The lowest BCUT2D eigenvalue weighted by molar-refractivity contribution is 0.305. The van der Waals surface area contributed by atoms with Gasteiger partial charge in [0.15, 0.2) is 17.4 Å². The molecule has 0 saturated heterocycles. The van der Waals surface area contributed by atoms with Gasteiger partial charge in [0.25, 0.3) is 0 Å². The highest BCUT2D eigenvalue weighted by molar-refractivity contribution is 5.79. The van der Waals surface area contributed by atoms with Gasteiger partial charge in [0.2, 0.25) is 0 Å². The molecule has 0 aliphatic heterocycles. The number of pyridine rings is 1. The zero-order valence-electron chi connectivity index (χ0n) is 17.1. The second kappa shape index (κ2) is 9.71. The minimum Gasteiger partial charge on any atom is -0.489 e. The Kier molecular flexibility index (Phi) is 6.37. The van der Waals surface area contributed by atoms with Crippen LogP contribution in [0.25, 0.3) is 5.65 Å². The molecular formula is C23H23FN6O. The molecule has 2 aromatic heterocycles. The minimum atomic E-state index is -0.262. The maximum Gasteiger partial charge on any atom is 0.191 e. The van der Waals surface area contributed by atoms with Crippen molar-refractivity contribution in [3.8, 4) is 5.75 Å². The number of guanidine groups is 1. The molecule has 8 heteroatoms. The largest absolute Gasteiger partial charge is 0.489 e. The summed E-state index contributed by atoms with van der Waals surface area (Å²) in [5.41, 5.74) is 2.68. The molecule has 0 atom stereocenters. The van der Waals surface area contributed by atoms with Crippen molar-refractivity contribution in [3.63, 3.8) is 0 Å². The standard InChI is InChI=1S/C23H23FN6O/c1-25-23(27-15-22-29-28-21-7-2-3-12-30(21)22)26-14-17-8-10-20(11-9-17)31-16-18-5-4-6-19(24)13-18/h2-13H,14-16H2,1H3,(H2,25,26,27). The van der Waals surface area contributed by atoms with Crippen LogP contribution in [0.5, 0.6) is 5.75 Å². The van der Waals surface area contributed by atoms with E-state index in [1.165, 1.54) is 12.1 Å². The summed E-state index contributed by atoms with van der Waals surface area (Å²) in [6.45, 7) is 1.42. The van der Waals surface area contributed by atoms with Crippen molar-refractivity contribution in [2.75, 3.05) is 7.05 Å². The summed E-state index contributed by atoms with van der Waals surface area (Å²) in [6.07, 6.45) is 1.93. The van der Waals surface area contributed by atoms with Crippen LogP contribution in [-0.2, 0) is 19.7 Å². The Morgan fingerprint density at radius 2 is 1.81 bits per heavy atom. The van der Waals surface area contributed by atoms with Crippen molar-refractivity contribution in [2.24, 2.45) is 4.99 Å². The van der Waals surface area contributed by atoms with Crippen LogP contribution in [0.15, 0.2) is 77.9 Å². The first-order chi connectivity index (χ1) is 15.2. The minimum absolute atomic E-state index is 0.262. The highest BCUT2D eigenvalue weighted by atomic mass is 19.1. The van der Waals surface area contributed by atoms with E-state index in [0.29, 0.717) is 25.7 Å². The highest BCUT2D eigenvalue weighted by Crippen LogP contribution is 2.15. The van der Waals surface area contributed by atoms with Gasteiger partial charge in [0.1, 0.15) is 18.2 Å². The quantitative estimate of drug-likeness (QED) is 0.356. The number of nitrogens with zero attached hydrogens (tertiary/aromatic N) is 4. The molecule has 158 valence electrons. The number of rotatable bonds is 7. The molecule has 7 nitrogen and oxygen atoms in total. The predicted octanol–water partition coefficient (Wildman–Crippen LogP) is 3.31. The van der Waals surface area contributed by atoms with Crippen molar-refractivity contribution in [1.29, 1.82) is 0 Å². The first-order valence-corrected chi connectivity index (χ1v) is 9.90. The van der Waals surface area contributed by atoms with E-state index in [1.54, 1.807) is 13.1 Å². The Labute approximate surface area is 179 Å². The van der Waals surface area contributed by atoms with Gasteiger partial charge in [-0.3, -0.25) is 9.39 Å². The Morgan fingerprint density at radius 3 is 2.61 bits per heavy atom. The van der Waals surface area contributed by atoms with Crippen LogP contribution in [0.3, 0.4) is 0 Å². The highest BCUT2D eigenvalue weighted by Gasteiger charge is 2.06. The molecule has 0 radical (unpaired) electrons. The average molecular weight is 418 g/mol. The maximum atomic E-state index is 13.2. The molecular weight excluding hydrogens is 395 g/mol. The van der Waals surface area contributed by atoms with Crippen LogP contribution in [0, 0.1) is 5.82 Å². The lowest BCUT2D eigenvalue weighted by Gasteiger charge is -2.12. The summed E-state index contributed by atoms with van der Waals surface area (Å²) >= 11 is 0. The normalized spacial score (nSPS) is 11.5. The summed E-state index contributed by atoms with van der Waals surface area (Å²) < 4.78 is 20.9. The molecule has 2 aromatic carbocycles. The summed E-state index contributed by atoms with van der Waals surface area (Å²) in [5, 5.41) is 14.9. The van der Waals surface area contributed by atoms with E-state index in [0.717, 1.165) is 28.3 Å². The molecule has 2 N–H and O–H groups in total. The van der Waals surface area contributed by atoms with Crippen LogP contribution >= 0.6 is 0 Å². The monoisotopic (exact) mass is 418 g/mol. The number of halogens is 1. The third-order valence-electron chi connectivity index (χ3n) is 4.70. The van der Waals surface area contributed by atoms with E-state index in [9.17, 15) is 4.39 Å². The third-order valence-corrected chi connectivity index (χ3v) is 4.70. The first kappa shape index (κ1) is 20.3. The SMILES string of the molecule is CN=C(NCc1ccc(OCc2cccc(F)c2)cc1)NCc1nnc2ccccn12. The molecule has 0 unspecified atom stereocenters. The predicted molar refractivity (Wildman–Crippen MR) is 117 cm³/mol. The van der Waals surface area contributed by atoms with E-state index < -0.39 is 0 Å². The van der Waals surface area contributed by atoms with Gasteiger partial charge < -0.3 is 15.4 Å². The molecule has 0 aliphatic rings. The fraction of sp³-hybridized carbons (Fsp3) is 0.174. The fourth-order valence-corrected chi connectivity index (χ4v) is 3.08. The molecule has 2 heterocycles. The number of ether oxygens (including phenoxy) is 1. The average Bonchev–Trinajstić information content (AvgIpc) is 3.22. The maximum absolute atomic E-state index is 13.2. The molecule has 4 rings (SSSR count). The summed E-state index contributed by atoms with van der Waals surface area (Å²) in [4.78, 5) is 4.25. The van der Waals surface area contributed by atoms with Crippen LogP contribution in [0.2, 0.25) is 0 Å². The second-order valence-corrected chi connectivity index (χ2v) is 6.89. The topological polar surface area (TPSA) is 75.8 Å². The second-order valence-electron chi connectivity index (χ2n) is 6.89. The van der Waals surface area contributed by atoms with E-state index >= 15 is 0 Å². The number of hydrogen-bond acceptors (Lipinski definition) is 4. The van der Waals surface area contributed by atoms with Crippen LogP contribution in [0.1, 0.15) is 17.0 Å². The summed E-state index contributed by atoms with van der Waals surface area (Å²) in [5.74, 6) is 1.94. The number of aromatic nitrogens is 3.